The number of aromatic nitrogens is 1. The van der Waals surface area contributed by atoms with Crippen LogP contribution in [0.4, 0.5) is 0 Å². The van der Waals surface area contributed by atoms with Gasteiger partial charge in [-0.2, -0.15) is 0 Å². The predicted molar refractivity (Wildman–Crippen MR) is 196 cm³/mol. The number of aryl methyl sites for hydroxylation is 1. The second kappa shape index (κ2) is 17.2. The van der Waals surface area contributed by atoms with Crippen LogP contribution in [-0.4, -0.2) is 81.0 Å². The molecule has 2 heterocycles. The maximum atomic E-state index is 13.8. The van der Waals surface area contributed by atoms with Gasteiger partial charge in [0.15, 0.2) is 9.84 Å². The van der Waals surface area contributed by atoms with Crippen LogP contribution in [0.2, 0.25) is 5.02 Å². The average molecular weight is 738 g/mol. The summed E-state index contributed by atoms with van der Waals surface area (Å²) >= 11 is 5.94. The van der Waals surface area contributed by atoms with E-state index in [1.807, 2.05) is 18.2 Å². The van der Waals surface area contributed by atoms with Crippen molar-refractivity contribution in [2.24, 2.45) is 5.92 Å². The van der Waals surface area contributed by atoms with Gasteiger partial charge in [-0.1, -0.05) is 30.7 Å². The molecule has 51 heavy (non-hydrogen) atoms. The molecule has 5 rings (SSSR count). The molecule has 0 spiro atoms. The molecule has 1 amide bonds. The summed E-state index contributed by atoms with van der Waals surface area (Å²) in [4.78, 5) is 45.1. The monoisotopic (exact) mass is 737 g/mol. The van der Waals surface area contributed by atoms with Crippen LogP contribution < -0.4 is 14.8 Å². The lowest BCUT2D eigenvalue weighted by Crippen LogP contribution is -2.35. The molecule has 1 fully saturated rings. The number of nitrogens with one attached hydrogen (secondary N) is 2. The van der Waals surface area contributed by atoms with E-state index in [0.717, 1.165) is 25.4 Å². The van der Waals surface area contributed by atoms with Gasteiger partial charge in [0.2, 0.25) is 5.91 Å². The molecule has 1 aliphatic rings. The van der Waals surface area contributed by atoms with Crippen LogP contribution >= 0.6 is 11.6 Å². The Hall–Kier alpha value is -4.39. The molecular weight excluding hydrogens is 694 g/mol. The van der Waals surface area contributed by atoms with Crippen molar-refractivity contribution in [3.8, 4) is 11.5 Å². The standard InChI is InChI=1S/C38H44ClN3O8S/c1-25(23-51(46,47)24-34(43)40-16-7-19-49-31-9-6-8-27(20-31)22-42-17-4-5-18-42)35(38(45)50-37(44)28-10-12-29(39)13-11-28)36-26(2)41-33-15-14-30(48-3)21-32(33)36/h6,8-15,20-21,25,35,41H,4-5,7,16-19,22-24H2,1-3H3,(H,40,43). The Morgan fingerprint density at radius 2 is 1.75 bits per heavy atom. The maximum absolute atomic E-state index is 13.8. The number of carbonyl (C=O) groups is 3. The fraction of sp³-hybridized carbons (Fsp3) is 0.395. The van der Waals surface area contributed by atoms with E-state index >= 15 is 0 Å². The van der Waals surface area contributed by atoms with Gasteiger partial charge in [0.05, 0.1) is 31.0 Å². The third-order valence-corrected chi connectivity index (χ3v) is 10.9. The van der Waals surface area contributed by atoms with Gasteiger partial charge in [0.25, 0.3) is 0 Å². The number of sulfone groups is 1. The molecule has 4 aromatic rings. The summed E-state index contributed by atoms with van der Waals surface area (Å²) in [5.41, 5.74) is 3.06. The third-order valence-electron chi connectivity index (χ3n) is 8.93. The molecule has 0 aliphatic carbocycles. The summed E-state index contributed by atoms with van der Waals surface area (Å²) < 4.78 is 43.3. The topological polar surface area (TPSA) is 144 Å². The summed E-state index contributed by atoms with van der Waals surface area (Å²) in [5, 5.41) is 3.69. The lowest BCUT2D eigenvalue weighted by atomic mass is 9.86. The first-order chi connectivity index (χ1) is 24.4. The zero-order chi connectivity index (χ0) is 36.5. The second-order valence-electron chi connectivity index (χ2n) is 13.0. The number of hydrogen-bond acceptors (Lipinski definition) is 9. The Bertz CT molecular complexity index is 1960. The molecule has 13 heteroatoms. The molecule has 0 radical (unpaired) electrons. The number of aromatic amines is 1. The number of nitrogens with zero attached hydrogens (tertiary/aromatic N) is 1. The first-order valence-electron chi connectivity index (χ1n) is 17.0. The highest BCUT2D eigenvalue weighted by atomic mass is 35.5. The molecular formula is C38H44ClN3O8S. The predicted octanol–water partition coefficient (Wildman–Crippen LogP) is 5.84. The molecule has 1 aromatic heterocycles. The minimum atomic E-state index is -4.00. The molecule has 0 bridgehead atoms. The van der Waals surface area contributed by atoms with Gasteiger partial charge in [-0.25, -0.2) is 13.2 Å². The number of fused-ring (bicyclic) bond motifs is 1. The Balaban J connectivity index is 1.20. The Labute approximate surface area is 303 Å². The van der Waals surface area contributed by atoms with Crippen LogP contribution in [0.15, 0.2) is 66.7 Å². The van der Waals surface area contributed by atoms with E-state index in [1.54, 1.807) is 32.0 Å². The van der Waals surface area contributed by atoms with Crippen molar-refractivity contribution >= 4 is 50.2 Å². The summed E-state index contributed by atoms with van der Waals surface area (Å²) in [6, 6.07) is 19.1. The van der Waals surface area contributed by atoms with Crippen molar-refractivity contribution < 1.29 is 37.0 Å². The van der Waals surface area contributed by atoms with Gasteiger partial charge in [0.1, 0.15) is 17.3 Å². The fourth-order valence-corrected chi connectivity index (χ4v) is 8.26. The molecule has 2 N–H and O–H groups in total. The number of amides is 1. The van der Waals surface area contributed by atoms with E-state index < -0.39 is 51.0 Å². The van der Waals surface area contributed by atoms with Gasteiger partial charge < -0.3 is 24.5 Å². The first-order valence-corrected chi connectivity index (χ1v) is 19.2. The molecule has 2 unspecified atom stereocenters. The molecule has 11 nitrogen and oxygen atoms in total. The average Bonchev–Trinajstić information content (AvgIpc) is 3.71. The zero-order valence-corrected chi connectivity index (χ0v) is 30.6. The van der Waals surface area contributed by atoms with E-state index in [1.165, 1.54) is 49.8 Å². The molecule has 1 aliphatic heterocycles. The zero-order valence-electron chi connectivity index (χ0n) is 29.1. The minimum absolute atomic E-state index is 0.109. The molecule has 1 saturated heterocycles. The minimum Gasteiger partial charge on any atom is -0.497 e. The summed E-state index contributed by atoms with van der Waals surface area (Å²) in [5.74, 6) is -4.52. The Morgan fingerprint density at radius 3 is 2.47 bits per heavy atom. The number of hydrogen-bond donors (Lipinski definition) is 2. The lowest BCUT2D eigenvalue weighted by molar-refractivity contribution is -0.140. The number of rotatable bonds is 16. The summed E-state index contributed by atoms with van der Waals surface area (Å²) in [7, 11) is -2.49. The Kier molecular flexibility index (Phi) is 12.8. The van der Waals surface area contributed by atoms with E-state index in [2.05, 4.69) is 21.3 Å². The first kappa shape index (κ1) is 37.9. The fourth-order valence-electron chi connectivity index (χ4n) is 6.52. The summed E-state index contributed by atoms with van der Waals surface area (Å²) in [6.07, 6.45) is 2.94. The van der Waals surface area contributed by atoms with Crippen molar-refractivity contribution in [2.75, 3.05) is 44.9 Å². The molecule has 3 aromatic carbocycles. The smallest absolute Gasteiger partial charge is 0.345 e. The summed E-state index contributed by atoms with van der Waals surface area (Å²) in [6.45, 7) is 7.03. The normalized spacial score (nSPS) is 14.6. The third kappa shape index (κ3) is 10.3. The van der Waals surface area contributed by atoms with Crippen LogP contribution in [0.1, 0.15) is 59.3 Å². The van der Waals surface area contributed by atoms with Crippen molar-refractivity contribution in [3.05, 3.63) is 94.1 Å². The molecule has 2 atom stereocenters. The van der Waals surface area contributed by atoms with Crippen LogP contribution in [0.25, 0.3) is 10.9 Å². The molecule has 0 saturated carbocycles. The number of likely N-dealkylation sites (tertiary alicyclic amines) is 1. The van der Waals surface area contributed by atoms with Gasteiger partial charge in [-0.3, -0.25) is 14.5 Å². The van der Waals surface area contributed by atoms with Gasteiger partial charge >= 0.3 is 11.9 Å². The number of halogens is 1. The largest absolute Gasteiger partial charge is 0.497 e. The number of H-pyrrole nitrogens is 1. The van der Waals surface area contributed by atoms with Gasteiger partial charge in [-0.05, 0) is 111 Å². The van der Waals surface area contributed by atoms with E-state index in [-0.39, 0.29) is 12.1 Å². The van der Waals surface area contributed by atoms with Crippen molar-refractivity contribution in [2.45, 2.75) is 45.6 Å². The number of carbonyl (C=O) groups excluding carboxylic acids is 3. The Morgan fingerprint density at radius 1 is 1.00 bits per heavy atom. The van der Waals surface area contributed by atoms with E-state index in [0.29, 0.717) is 46.0 Å². The SMILES string of the molecule is COc1ccc2[nH]c(C)c(C(C(=O)OC(=O)c3ccc(Cl)cc3)C(C)CS(=O)(=O)CC(=O)NCCCOc3cccc(CN4CCCC4)c3)c2c1. The highest BCUT2D eigenvalue weighted by Crippen LogP contribution is 2.37. The van der Waals surface area contributed by atoms with E-state index in [4.69, 9.17) is 25.8 Å². The van der Waals surface area contributed by atoms with Crippen molar-refractivity contribution in [1.82, 2.24) is 15.2 Å². The highest BCUT2D eigenvalue weighted by molar-refractivity contribution is 7.92. The number of esters is 2. The van der Waals surface area contributed by atoms with Crippen LogP contribution in [-0.2, 0) is 30.7 Å². The number of methoxy groups -OCH3 is 1. The second-order valence-corrected chi connectivity index (χ2v) is 15.5. The van der Waals surface area contributed by atoms with Crippen molar-refractivity contribution in [3.63, 3.8) is 0 Å². The highest BCUT2D eigenvalue weighted by Gasteiger charge is 2.36. The van der Waals surface area contributed by atoms with Crippen LogP contribution in [0.5, 0.6) is 11.5 Å². The number of ether oxygens (including phenoxy) is 3. The van der Waals surface area contributed by atoms with Crippen LogP contribution in [0.3, 0.4) is 0 Å². The lowest BCUT2D eigenvalue weighted by Gasteiger charge is -2.23. The van der Waals surface area contributed by atoms with Gasteiger partial charge in [-0.15, -0.1) is 0 Å². The molecule has 272 valence electrons. The van der Waals surface area contributed by atoms with Crippen LogP contribution in [0, 0.1) is 12.8 Å². The maximum Gasteiger partial charge on any atom is 0.345 e. The quantitative estimate of drug-likeness (QED) is 0.0824. The number of benzene rings is 3. The van der Waals surface area contributed by atoms with E-state index in [9.17, 15) is 22.8 Å². The van der Waals surface area contributed by atoms with Crippen molar-refractivity contribution in [1.29, 1.82) is 0 Å². The van der Waals surface area contributed by atoms with Gasteiger partial charge in [0, 0.05) is 34.7 Å².